The number of fused-ring (bicyclic) bond motifs is 1. The van der Waals surface area contributed by atoms with Gasteiger partial charge in [0, 0.05) is 23.2 Å². The third-order valence-electron chi connectivity index (χ3n) is 5.71. The van der Waals surface area contributed by atoms with E-state index >= 15 is 0 Å². The minimum atomic E-state index is -0.638. The molecule has 4 aromatic rings. The number of halogens is 1. The molecular formula is C25H20FN3O2. The number of amides is 1. The van der Waals surface area contributed by atoms with Crippen molar-refractivity contribution < 1.29 is 14.3 Å². The number of hydrogen-bond donors (Lipinski definition) is 2. The number of aromatic nitrogens is 2. The van der Waals surface area contributed by atoms with Gasteiger partial charge in [-0.1, -0.05) is 60.7 Å². The second-order valence-corrected chi connectivity index (χ2v) is 7.54. The van der Waals surface area contributed by atoms with Gasteiger partial charge in [-0.2, -0.15) is 5.10 Å². The molecule has 0 fully saturated rings. The quantitative estimate of drug-likeness (QED) is 0.498. The van der Waals surface area contributed by atoms with Crippen LogP contribution >= 0.6 is 0 Å². The number of aromatic amines is 1. The second-order valence-electron chi connectivity index (χ2n) is 7.54. The van der Waals surface area contributed by atoms with Gasteiger partial charge in [-0.3, -0.25) is 9.89 Å². The topological polar surface area (TPSA) is 69.2 Å². The number of carbonyl (C=O) groups excluding carboxylic acids is 1. The standard InChI is InChI=1S/C25H20FN3O2/c26-19-12-6-4-10-17(19)24-21-22(18-11-5-7-13-20(18)30)27-28-23(21)25(31)29(24)15-14-16-8-2-1-3-9-16/h1-13,24,30H,14-15H2,(H,27,28)/t24-/m0/s1. The molecule has 0 radical (unpaired) electrons. The van der Waals surface area contributed by atoms with Gasteiger partial charge in [0.05, 0.1) is 6.04 Å². The summed E-state index contributed by atoms with van der Waals surface area (Å²) in [5.74, 6) is -0.560. The summed E-state index contributed by atoms with van der Waals surface area (Å²) < 4.78 is 14.9. The molecule has 0 spiro atoms. The van der Waals surface area contributed by atoms with Crippen molar-refractivity contribution in [3.63, 3.8) is 0 Å². The van der Waals surface area contributed by atoms with Gasteiger partial charge in [0.2, 0.25) is 0 Å². The Labute approximate surface area is 178 Å². The van der Waals surface area contributed by atoms with Crippen LogP contribution in [0.1, 0.15) is 33.2 Å². The Morgan fingerprint density at radius 3 is 2.45 bits per heavy atom. The molecule has 2 heterocycles. The number of H-pyrrole nitrogens is 1. The van der Waals surface area contributed by atoms with E-state index in [9.17, 15) is 14.3 Å². The Morgan fingerprint density at radius 2 is 1.68 bits per heavy atom. The van der Waals surface area contributed by atoms with Crippen LogP contribution in [-0.4, -0.2) is 32.7 Å². The van der Waals surface area contributed by atoms with Crippen LogP contribution in [0, 0.1) is 5.82 Å². The van der Waals surface area contributed by atoms with Crippen LogP contribution in [-0.2, 0) is 6.42 Å². The van der Waals surface area contributed by atoms with Crippen LogP contribution in [0.2, 0.25) is 0 Å². The van der Waals surface area contributed by atoms with Crippen LogP contribution < -0.4 is 0 Å². The molecule has 154 valence electrons. The lowest BCUT2D eigenvalue weighted by Gasteiger charge is -2.26. The summed E-state index contributed by atoms with van der Waals surface area (Å²) in [6, 6.07) is 22.5. The molecule has 6 heteroatoms. The van der Waals surface area contributed by atoms with Gasteiger partial charge in [0.15, 0.2) is 0 Å². The van der Waals surface area contributed by atoms with Gasteiger partial charge >= 0.3 is 0 Å². The van der Waals surface area contributed by atoms with E-state index in [0.29, 0.717) is 41.0 Å². The zero-order valence-corrected chi connectivity index (χ0v) is 16.6. The average molecular weight is 413 g/mol. The average Bonchev–Trinajstić information content (AvgIpc) is 3.33. The molecule has 2 N–H and O–H groups in total. The number of phenols is 1. The van der Waals surface area contributed by atoms with Crippen LogP contribution in [0.5, 0.6) is 5.75 Å². The third kappa shape index (κ3) is 3.26. The lowest BCUT2D eigenvalue weighted by molar-refractivity contribution is 0.0744. The molecule has 0 saturated heterocycles. The largest absolute Gasteiger partial charge is 0.507 e. The lowest BCUT2D eigenvalue weighted by atomic mass is 9.95. The summed E-state index contributed by atoms with van der Waals surface area (Å²) in [6.45, 7) is 0.421. The third-order valence-corrected chi connectivity index (χ3v) is 5.71. The van der Waals surface area contributed by atoms with Gasteiger partial charge in [0.25, 0.3) is 5.91 Å². The maximum absolute atomic E-state index is 14.9. The van der Waals surface area contributed by atoms with E-state index in [1.807, 2.05) is 30.3 Å². The Balaban J connectivity index is 1.62. The summed E-state index contributed by atoms with van der Waals surface area (Å²) in [4.78, 5) is 15.0. The monoisotopic (exact) mass is 413 g/mol. The Morgan fingerprint density at radius 1 is 0.968 bits per heavy atom. The van der Waals surface area contributed by atoms with Crippen LogP contribution in [0.3, 0.4) is 0 Å². The van der Waals surface area contributed by atoms with E-state index in [-0.39, 0.29) is 17.5 Å². The van der Waals surface area contributed by atoms with Crippen molar-refractivity contribution in [1.29, 1.82) is 0 Å². The zero-order valence-electron chi connectivity index (χ0n) is 16.6. The maximum Gasteiger partial charge on any atom is 0.273 e. The predicted octanol–water partition coefficient (Wildman–Crippen LogP) is 4.71. The predicted molar refractivity (Wildman–Crippen MR) is 115 cm³/mol. The zero-order chi connectivity index (χ0) is 21.4. The highest BCUT2D eigenvalue weighted by atomic mass is 19.1. The summed E-state index contributed by atoms with van der Waals surface area (Å²) in [7, 11) is 0. The van der Waals surface area contributed by atoms with Crippen LogP contribution in [0.4, 0.5) is 4.39 Å². The lowest BCUT2D eigenvalue weighted by Crippen LogP contribution is -2.32. The fraction of sp³-hybridized carbons (Fsp3) is 0.120. The highest BCUT2D eigenvalue weighted by Gasteiger charge is 2.43. The minimum absolute atomic E-state index is 0.0549. The molecule has 1 aromatic heterocycles. The number of phenolic OH excluding ortho intramolecular Hbond substituents is 1. The highest BCUT2D eigenvalue weighted by Crippen LogP contribution is 2.44. The van der Waals surface area contributed by atoms with Crippen molar-refractivity contribution in [3.8, 4) is 17.0 Å². The summed E-state index contributed by atoms with van der Waals surface area (Å²) in [6.07, 6.45) is 0.640. The normalized spacial score (nSPS) is 15.3. The Bertz CT molecular complexity index is 1250. The van der Waals surface area contributed by atoms with Crippen molar-refractivity contribution in [2.75, 3.05) is 6.54 Å². The minimum Gasteiger partial charge on any atom is -0.507 e. The molecule has 0 aliphatic carbocycles. The van der Waals surface area contributed by atoms with Gasteiger partial charge < -0.3 is 10.0 Å². The molecule has 5 nitrogen and oxygen atoms in total. The van der Waals surface area contributed by atoms with Gasteiger partial charge in [-0.15, -0.1) is 0 Å². The first-order chi connectivity index (χ1) is 15.1. The first-order valence-corrected chi connectivity index (χ1v) is 10.1. The van der Waals surface area contributed by atoms with E-state index in [2.05, 4.69) is 10.2 Å². The molecular weight excluding hydrogens is 393 g/mol. The summed E-state index contributed by atoms with van der Waals surface area (Å²) in [5.41, 5.74) is 3.37. The number of rotatable bonds is 5. The first-order valence-electron chi connectivity index (χ1n) is 10.1. The number of nitrogens with zero attached hydrogens (tertiary/aromatic N) is 2. The molecule has 0 saturated carbocycles. The first kappa shape index (κ1) is 19.1. The second kappa shape index (κ2) is 7.72. The van der Waals surface area contributed by atoms with E-state index < -0.39 is 6.04 Å². The van der Waals surface area contributed by atoms with Gasteiger partial charge in [-0.25, -0.2) is 4.39 Å². The van der Waals surface area contributed by atoms with E-state index in [1.54, 1.807) is 47.4 Å². The fourth-order valence-electron chi connectivity index (χ4n) is 4.22. The Hall–Kier alpha value is -3.93. The number of benzene rings is 3. The number of aromatic hydroxyl groups is 1. The maximum atomic E-state index is 14.9. The summed E-state index contributed by atoms with van der Waals surface area (Å²) >= 11 is 0. The van der Waals surface area contributed by atoms with Crippen LogP contribution in [0.25, 0.3) is 11.3 Å². The number of hydrogen-bond acceptors (Lipinski definition) is 3. The van der Waals surface area contributed by atoms with Crippen molar-refractivity contribution in [1.82, 2.24) is 15.1 Å². The molecule has 0 bridgehead atoms. The van der Waals surface area contributed by atoms with E-state index in [0.717, 1.165) is 5.56 Å². The summed E-state index contributed by atoms with van der Waals surface area (Å²) in [5, 5.41) is 17.5. The van der Waals surface area contributed by atoms with E-state index in [1.165, 1.54) is 6.07 Å². The SMILES string of the molecule is O=C1c2[nH]nc(-c3ccccc3O)c2[C@H](c2ccccc2F)N1CCc1ccccc1. The fourth-order valence-corrected chi connectivity index (χ4v) is 4.22. The molecule has 0 unspecified atom stereocenters. The molecule has 1 amide bonds. The molecule has 5 rings (SSSR count). The van der Waals surface area contributed by atoms with Crippen molar-refractivity contribution in [2.45, 2.75) is 12.5 Å². The molecule has 1 aliphatic rings. The number of para-hydroxylation sites is 1. The molecule has 1 atom stereocenters. The van der Waals surface area contributed by atoms with Crippen LogP contribution in [0.15, 0.2) is 78.9 Å². The van der Waals surface area contributed by atoms with Crippen molar-refractivity contribution in [3.05, 3.63) is 107 Å². The smallest absolute Gasteiger partial charge is 0.273 e. The van der Waals surface area contributed by atoms with E-state index in [4.69, 9.17) is 0 Å². The van der Waals surface area contributed by atoms with Crippen molar-refractivity contribution in [2.24, 2.45) is 0 Å². The number of nitrogens with one attached hydrogen (secondary N) is 1. The molecule has 1 aliphatic heterocycles. The highest BCUT2D eigenvalue weighted by molar-refractivity contribution is 6.00. The number of carbonyl (C=O) groups is 1. The molecule has 31 heavy (non-hydrogen) atoms. The van der Waals surface area contributed by atoms with Crippen molar-refractivity contribution >= 4 is 5.91 Å². The molecule has 3 aromatic carbocycles. The van der Waals surface area contributed by atoms with Gasteiger partial charge in [-0.05, 0) is 30.2 Å². The Kier molecular flexibility index (Phi) is 4.75. The van der Waals surface area contributed by atoms with Gasteiger partial charge in [0.1, 0.15) is 23.0 Å².